The predicted octanol–water partition coefficient (Wildman–Crippen LogP) is 1.74. The van der Waals surface area contributed by atoms with Crippen LogP contribution in [-0.2, 0) is 24.0 Å². The number of hydrogen-bond acceptors (Lipinski definition) is 6. The Morgan fingerprint density at radius 2 is 2.08 bits per heavy atom. The Kier molecular flexibility index (Phi) is 5.20. The Morgan fingerprint density at radius 1 is 1.32 bits per heavy atom. The van der Waals surface area contributed by atoms with Crippen LogP contribution in [0.1, 0.15) is 47.0 Å². The molecule has 0 bridgehead atoms. The Labute approximate surface area is 145 Å². The van der Waals surface area contributed by atoms with Crippen molar-refractivity contribution in [3.8, 4) is 0 Å². The van der Waals surface area contributed by atoms with E-state index in [2.05, 4.69) is 0 Å². The molecule has 0 saturated carbocycles. The van der Waals surface area contributed by atoms with Gasteiger partial charge in [0.2, 0.25) is 5.76 Å². The van der Waals surface area contributed by atoms with Gasteiger partial charge in [-0.1, -0.05) is 0 Å². The van der Waals surface area contributed by atoms with E-state index in [1.165, 1.54) is 0 Å². The van der Waals surface area contributed by atoms with E-state index in [4.69, 9.17) is 9.15 Å². The van der Waals surface area contributed by atoms with Crippen molar-refractivity contribution in [2.24, 2.45) is 0 Å². The van der Waals surface area contributed by atoms with Crippen LogP contribution in [0.4, 0.5) is 0 Å². The molecule has 0 fully saturated rings. The van der Waals surface area contributed by atoms with Crippen LogP contribution >= 0.6 is 0 Å². The second-order valence-corrected chi connectivity index (χ2v) is 6.31. The van der Waals surface area contributed by atoms with E-state index in [0.717, 1.165) is 42.9 Å². The van der Waals surface area contributed by atoms with Gasteiger partial charge in [-0.15, -0.1) is 0 Å². The highest BCUT2D eigenvalue weighted by Gasteiger charge is 2.23. The van der Waals surface area contributed by atoms with Crippen molar-refractivity contribution >= 4 is 16.9 Å². The highest BCUT2D eigenvalue weighted by atomic mass is 16.5. The SMILES string of the molecule is CCOC(=O)c1cc(=O)c2cc3c(c(CC(O)CO)c2o1)CCCC3. The minimum absolute atomic E-state index is 0.144. The van der Waals surface area contributed by atoms with Crippen molar-refractivity contribution in [1.82, 2.24) is 0 Å². The summed E-state index contributed by atoms with van der Waals surface area (Å²) in [5.41, 5.74) is 2.84. The first kappa shape index (κ1) is 17.6. The molecule has 6 heteroatoms. The van der Waals surface area contributed by atoms with Crippen molar-refractivity contribution in [1.29, 1.82) is 0 Å². The lowest BCUT2D eigenvalue weighted by Gasteiger charge is -2.22. The molecule has 1 atom stereocenters. The fraction of sp³-hybridized carbons (Fsp3) is 0.474. The first-order valence-corrected chi connectivity index (χ1v) is 8.62. The standard InChI is InChI=1S/C19H22O6/c1-2-24-19(23)17-9-16(22)15-7-11-5-3-4-6-13(11)14(18(15)25-17)8-12(21)10-20/h7,9,12,20-21H,2-6,8,10H2,1H3. The van der Waals surface area contributed by atoms with E-state index >= 15 is 0 Å². The molecule has 0 saturated heterocycles. The Bertz CT molecular complexity index is 851. The van der Waals surface area contributed by atoms with Crippen LogP contribution in [0, 0.1) is 0 Å². The van der Waals surface area contributed by atoms with Crippen molar-refractivity contribution in [3.05, 3.63) is 44.8 Å². The lowest BCUT2D eigenvalue weighted by molar-refractivity contribution is 0.0490. The Morgan fingerprint density at radius 3 is 2.80 bits per heavy atom. The fourth-order valence-corrected chi connectivity index (χ4v) is 3.43. The summed E-state index contributed by atoms with van der Waals surface area (Å²) in [5, 5.41) is 19.6. The van der Waals surface area contributed by atoms with Gasteiger partial charge >= 0.3 is 5.97 Å². The lowest BCUT2D eigenvalue weighted by atomic mass is 9.85. The molecule has 1 aliphatic carbocycles. The summed E-state index contributed by atoms with van der Waals surface area (Å²) >= 11 is 0. The minimum Gasteiger partial charge on any atom is -0.460 e. The number of esters is 1. The van der Waals surface area contributed by atoms with Crippen LogP contribution in [0.2, 0.25) is 0 Å². The quantitative estimate of drug-likeness (QED) is 0.801. The van der Waals surface area contributed by atoms with E-state index in [1.807, 2.05) is 6.07 Å². The Balaban J connectivity index is 2.25. The number of fused-ring (bicyclic) bond motifs is 2. The first-order valence-electron chi connectivity index (χ1n) is 8.62. The molecule has 2 aromatic rings. The van der Waals surface area contributed by atoms with E-state index in [1.54, 1.807) is 6.92 Å². The fourth-order valence-electron chi connectivity index (χ4n) is 3.43. The molecule has 0 aliphatic heterocycles. The van der Waals surface area contributed by atoms with Crippen LogP contribution < -0.4 is 5.43 Å². The van der Waals surface area contributed by atoms with Gasteiger partial charge in [0.1, 0.15) is 5.58 Å². The molecule has 6 nitrogen and oxygen atoms in total. The highest BCUT2D eigenvalue weighted by Crippen LogP contribution is 2.31. The molecule has 1 heterocycles. The summed E-state index contributed by atoms with van der Waals surface area (Å²) in [6.07, 6.45) is 2.98. The third-order valence-electron chi connectivity index (χ3n) is 4.58. The maximum absolute atomic E-state index is 12.5. The van der Waals surface area contributed by atoms with E-state index in [9.17, 15) is 19.8 Å². The van der Waals surface area contributed by atoms with Gasteiger partial charge in [0, 0.05) is 18.1 Å². The van der Waals surface area contributed by atoms with Crippen LogP contribution in [-0.4, -0.2) is 35.5 Å². The van der Waals surface area contributed by atoms with Crippen LogP contribution in [0.25, 0.3) is 11.0 Å². The number of aliphatic hydroxyl groups is 2. The van der Waals surface area contributed by atoms with Crippen LogP contribution in [0.15, 0.2) is 21.3 Å². The lowest BCUT2D eigenvalue weighted by Crippen LogP contribution is -2.19. The van der Waals surface area contributed by atoms with Gasteiger partial charge in [-0.2, -0.15) is 0 Å². The van der Waals surface area contributed by atoms with E-state index in [0.29, 0.717) is 16.5 Å². The molecule has 0 radical (unpaired) electrons. The van der Waals surface area contributed by atoms with Crippen LogP contribution in [0.3, 0.4) is 0 Å². The summed E-state index contributed by atoms with van der Waals surface area (Å²) in [5.74, 6) is -0.831. The number of carbonyl (C=O) groups is 1. The largest absolute Gasteiger partial charge is 0.460 e. The Hall–Kier alpha value is -2.18. The maximum Gasteiger partial charge on any atom is 0.374 e. The number of benzene rings is 1. The van der Waals surface area contributed by atoms with Gasteiger partial charge in [-0.3, -0.25) is 4.79 Å². The average molecular weight is 346 g/mol. The van der Waals surface area contributed by atoms with Gasteiger partial charge < -0.3 is 19.4 Å². The van der Waals surface area contributed by atoms with E-state index in [-0.39, 0.29) is 30.8 Å². The van der Waals surface area contributed by atoms with Gasteiger partial charge in [0.25, 0.3) is 0 Å². The molecular weight excluding hydrogens is 324 g/mol. The molecule has 0 amide bonds. The molecule has 1 aromatic carbocycles. The zero-order chi connectivity index (χ0) is 18.0. The van der Waals surface area contributed by atoms with Crippen molar-refractivity contribution in [2.45, 2.75) is 45.1 Å². The number of aryl methyl sites for hydroxylation is 1. The molecule has 0 spiro atoms. The summed E-state index contributed by atoms with van der Waals surface area (Å²) < 4.78 is 10.7. The highest BCUT2D eigenvalue weighted by molar-refractivity contribution is 5.90. The van der Waals surface area contributed by atoms with E-state index < -0.39 is 12.1 Å². The zero-order valence-corrected chi connectivity index (χ0v) is 14.2. The number of aliphatic hydroxyl groups excluding tert-OH is 2. The zero-order valence-electron chi connectivity index (χ0n) is 14.2. The van der Waals surface area contributed by atoms with Gasteiger partial charge in [0.15, 0.2) is 5.43 Å². The monoisotopic (exact) mass is 346 g/mol. The van der Waals surface area contributed by atoms with Crippen molar-refractivity contribution in [2.75, 3.05) is 13.2 Å². The number of ether oxygens (including phenoxy) is 1. The summed E-state index contributed by atoms with van der Waals surface area (Å²) in [6, 6.07) is 2.99. The average Bonchev–Trinajstić information content (AvgIpc) is 2.62. The van der Waals surface area contributed by atoms with Gasteiger partial charge in [-0.25, -0.2) is 4.79 Å². The molecule has 1 aliphatic rings. The van der Waals surface area contributed by atoms with Gasteiger partial charge in [-0.05, 0) is 49.8 Å². The maximum atomic E-state index is 12.5. The first-order chi connectivity index (χ1) is 12.0. The summed E-state index contributed by atoms with van der Waals surface area (Å²) in [4.78, 5) is 24.5. The predicted molar refractivity (Wildman–Crippen MR) is 91.9 cm³/mol. The van der Waals surface area contributed by atoms with Crippen LogP contribution in [0.5, 0.6) is 0 Å². The molecule has 2 N–H and O–H groups in total. The number of carbonyl (C=O) groups excluding carboxylic acids is 1. The normalized spacial score (nSPS) is 15.0. The van der Waals surface area contributed by atoms with Crippen molar-refractivity contribution in [3.63, 3.8) is 0 Å². The number of hydrogen-bond donors (Lipinski definition) is 2. The molecule has 3 rings (SSSR count). The third kappa shape index (κ3) is 3.45. The molecule has 1 aromatic heterocycles. The molecule has 134 valence electrons. The smallest absolute Gasteiger partial charge is 0.374 e. The molecular formula is C19H22O6. The molecule has 25 heavy (non-hydrogen) atoms. The van der Waals surface area contributed by atoms with Gasteiger partial charge in [0.05, 0.1) is 24.7 Å². The molecule has 1 unspecified atom stereocenters. The second-order valence-electron chi connectivity index (χ2n) is 6.31. The van der Waals surface area contributed by atoms with Crippen molar-refractivity contribution < 1.29 is 24.2 Å². The number of rotatable bonds is 5. The summed E-state index contributed by atoms with van der Waals surface area (Å²) in [6.45, 7) is 1.48. The third-order valence-corrected chi connectivity index (χ3v) is 4.58. The summed E-state index contributed by atoms with van der Waals surface area (Å²) in [7, 11) is 0. The minimum atomic E-state index is -0.951. The topological polar surface area (TPSA) is 97.0 Å². The second kappa shape index (κ2) is 7.37.